The van der Waals surface area contributed by atoms with E-state index in [4.69, 9.17) is 0 Å². The molecule has 0 bridgehead atoms. The number of hydrogen-bond donors (Lipinski definition) is 1. The number of anilines is 1. The van der Waals surface area contributed by atoms with Crippen molar-refractivity contribution in [2.24, 2.45) is 0 Å². The lowest BCUT2D eigenvalue weighted by Gasteiger charge is -2.21. The van der Waals surface area contributed by atoms with E-state index in [-0.39, 0.29) is 0 Å². The average molecular weight is 297 g/mol. The van der Waals surface area contributed by atoms with Gasteiger partial charge >= 0.3 is 0 Å². The van der Waals surface area contributed by atoms with Crippen LogP contribution in [0, 0.1) is 0 Å². The Morgan fingerprint density at radius 3 is 2.82 bits per heavy atom. The molecule has 1 fully saturated rings. The zero-order valence-electron chi connectivity index (χ0n) is 10.5. The van der Waals surface area contributed by atoms with Gasteiger partial charge in [-0.05, 0) is 44.0 Å². The minimum Gasteiger partial charge on any atom is -0.384 e. The Morgan fingerprint density at radius 2 is 2.18 bits per heavy atom. The Hall–Kier alpha value is -0.540. The second kappa shape index (κ2) is 6.41. The Bertz CT molecular complexity index is 350. The Morgan fingerprint density at radius 1 is 1.35 bits per heavy atom. The van der Waals surface area contributed by atoms with Gasteiger partial charge in [0, 0.05) is 29.3 Å². The quantitative estimate of drug-likeness (QED) is 0.825. The summed E-state index contributed by atoms with van der Waals surface area (Å²) in [4.78, 5) is 2.62. The third-order valence-electron chi connectivity index (χ3n) is 3.13. The van der Waals surface area contributed by atoms with E-state index in [1.54, 1.807) is 0 Å². The van der Waals surface area contributed by atoms with Crippen molar-refractivity contribution in [3.05, 3.63) is 28.7 Å². The van der Waals surface area contributed by atoms with E-state index in [0.29, 0.717) is 0 Å². The summed E-state index contributed by atoms with van der Waals surface area (Å²) in [6.45, 7) is 5.69. The lowest BCUT2D eigenvalue weighted by molar-refractivity contribution is 0.274. The molecular weight excluding hydrogens is 276 g/mol. The highest BCUT2D eigenvalue weighted by Crippen LogP contribution is 2.26. The van der Waals surface area contributed by atoms with Gasteiger partial charge in [-0.2, -0.15) is 0 Å². The molecule has 0 radical (unpaired) electrons. The number of rotatable bonds is 7. The number of halogens is 1. The summed E-state index contributed by atoms with van der Waals surface area (Å²) in [6.07, 6.45) is 4.06. The molecule has 1 aromatic carbocycles. The van der Waals surface area contributed by atoms with Gasteiger partial charge in [-0.3, -0.25) is 4.90 Å². The van der Waals surface area contributed by atoms with Crippen molar-refractivity contribution in [1.82, 2.24) is 4.90 Å². The molecule has 17 heavy (non-hydrogen) atoms. The molecule has 1 aromatic rings. The van der Waals surface area contributed by atoms with Gasteiger partial charge in [0.1, 0.15) is 0 Å². The van der Waals surface area contributed by atoms with Crippen LogP contribution in [0.15, 0.2) is 28.7 Å². The van der Waals surface area contributed by atoms with E-state index in [2.05, 4.69) is 57.3 Å². The van der Waals surface area contributed by atoms with Crippen molar-refractivity contribution in [3.8, 4) is 0 Å². The molecule has 0 saturated heterocycles. The summed E-state index contributed by atoms with van der Waals surface area (Å²) >= 11 is 3.49. The molecule has 0 aromatic heterocycles. The fourth-order valence-electron chi connectivity index (χ4n) is 2.15. The first-order valence-corrected chi connectivity index (χ1v) is 7.32. The van der Waals surface area contributed by atoms with Crippen molar-refractivity contribution in [2.45, 2.75) is 32.2 Å². The lowest BCUT2D eigenvalue weighted by Crippen LogP contribution is -2.31. The zero-order valence-corrected chi connectivity index (χ0v) is 12.0. The summed E-state index contributed by atoms with van der Waals surface area (Å²) in [5, 5.41) is 3.49. The first kappa shape index (κ1) is 12.9. The summed E-state index contributed by atoms with van der Waals surface area (Å²) in [5.74, 6) is 0. The van der Waals surface area contributed by atoms with E-state index in [1.165, 1.54) is 31.5 Å². The summed E-state index contributed by atoms with van der Waals surface area (Å²) < 4.78 is 1.13. The molecule has 2 rings (SSSR count). The fourth-order valence-corrected chi connectivity index (χ4v) is 2.55. The number of benzene rings is 1. The van der Waals surface area contributed by atoms with Crippen molar-refractivity contribution in [1.29, 1.82) is 0 Å². The minimum absolute atomic E-state index is 0.874. The number of nitrogens with one attached hydrogen (secondary N) is 1. The largest absolute Gasteiger partial charge is 0.384 e. The van der Waals surface area contributed by atoms with Gasteiger partial charge in [-0.25, -0.2) is 0 Å². The van der Waals surface area contributed by atoms with Gasteiger partial charge in [-0.1, -0.05) is 28.9 Å². The predicted molar refractivity (Wildman–Crippen MR) is 77.5 cm³/mol. The van der Waals surface area contributed by atoms with Crippen LogP contribution in [0.4, 0.5) is 5.69 Å². The molecule has 0 spiro atoms. The van der Waals surface area contributed by atoms with E-state index in [1.807, 2.05) is 0 Å². The highest BCUT2D eigenvalue weighted by Gasteiger charge is 2.27. The van der Waals surface area contributed by atoms with Gasteiger partial charge < -0.3 is 5.32 Å². The van der Waals surface area contributed by atoms with Gasteiger partial charge in [0.2, 0.25) is 0 Å². The van der Waals surface area contributed by atoms with Crippen LogP contribution in [0.1, 0.15) is 26.2 Å². The normalized spacial score (nSPS) is 15.2. The molecule has 0 heterocycles. The average Bonchev–Trinajstić information content (AvgIpc) is 3.12. The third kappa shape index (κ3) is 4.32. The Balaban J connectivity index is 1.74. The molecule has 0 atom stereocenters. The first-order chi connectivity index (χ1) is 8.29. The van der Waals surface area contributed by atoms with Crippen LogP contribution in [-0.4, -0.2) is 30.6 Å². The van der Waals surface area contributed by atoms with E-state index >= 15 is 0 Å². The highest BCUT2D eigenvalue weighted by molar-refractivity contribution is 9.10. The van der Waals surface area contributed by atoms with E-state index in [9.17, 15) is 0 Å². The number of hydrogen-bond acceptors (Lipinski definition) is 2. The molecule has 1 saturated carbocycles. The molecule has 0 unspecified atom stereocenters. The smallest absolute Gasteiger partial charge is 0.0351 e. The Kier molecular flexibility index (Phi) is 4.86. The molecule has 0 amide bonds. The predicted octanol–water partition coefficient (Wildman–Crippen LogP) is 3.74. The molecule has 1 aliphatic carbocycles. The second-order valence-corrected chi connectivity index (χ2v) is 5.62. The van der Waals surface area contributed by atoms with Crippen molar-refractivity contribution in [3.63, 3.8) is 0 Å². The van der Waals surface area contributed by atoms with Gasteiger partial charge in [0.15, 0.2) is 0 Å². The van der Waals surface area contributed by atoms with Gasteiger partial charge in [-0.15, -0.1) is 0 Å². The molecule has 1 aliphatic rings. The molecule has 94 valence electrons. The standard InChI is InChI=1S/C14H21BrN2/c1-2-9-17(14-6-7-14)10-8-16-13-5-3-4-12(15)11-13/h3-5,11,14,16H,2,6-10H2,1H3. The first-order valence-electron chi connectivity index (χ1n) is 6.53. The van der Waals surface area contributed by atoms with Gasteiger partial charge in [0.05, 0.1) is 0 Å². The molecule has 3 heteroatoms. The maximum Gasteiger partial charge on any atom is 0.0351 e. The van der Waals surface area contributed by atoms with E-state index in [0.717, 1.165) is 23.6 Å². The van der Waals surface area contributed by atoms with Crippen molar-refractivity contribution < 1.29 is 0 Å². The molecule has 1 N–H and O–H groups in total. The number of nitrogens with zero attached hydrogens (tertiary/aromatic N) is 1. The summed E-state index contributed by atoms with van der Waals surface area (Å²) in [6, 6.07) is 9.24. The van der Waals surface area contributed by atoms with Crippen LogP contribution in [0.3, 0.4) is 0 Å². The highest BCUT2D eigenvalue weighted by atomic mass is 79.9. The zero-order chi connectivity index (χ0) is 12.1. The second-order valence-electron chi connectivity index (χ2n) is 4.70. The van der Waals surface area contributed by atoms with Crippen LogP contribution >= 0.6 is 15.9 Å². The maximum absolute atomic E-state index is 3.49. The monoisotopic (exact) mass is 296 g/mol. The Labute approximate surface area is 113 Å². The lowest BCUT2D eigenvalue weighted by atomic mass is 10.3. The van der Waals surface area contributed by atoms with Crippen LogP contribution in [0.2, 0.25) is 0 Å². The van der Waals surface area contributed by atoms with Crippen molar-refractivity contribution >= 4 is 21.6 Å². The van der Waals surface area contributed by atoms with Gasteiger partial charge in [0.25, 0.3) is 0 Å². The minimum atomic E-state index is 0.874. The molecule has 2 nitrogen and oxygen atoms in total. The van der Waals surface area contributed by atoms with E-state index < -0.39 is 0 Å². The van der Waals surface area contributed by atoms with Crippen LogP contribution < -0.4 is 5.32 Å². The van der Waals surface area contributed by atoms with Crippen LogP contribution in [0.5, 0.6) is 0 Å². The molecule has 0 aliphatic heterocycles. The van der Waals surface area contributed by atoms with Crippen molar-refractivity contribution in [2.75, 3.05) is 25.0 Å². The van der Waals surface area contributed by atoms with Crippen LogP contribution in [0.25, 0.3) is 0 Å². The topological polar surface area (TPSA) is 15.3 Å². The summed E-state index contributed by atoms with van der Waals surface area (Å²) in [5.41, 5.74) is 1.20. The molecular formula is C14H21BrN2. The third-order valence-corrected chi connectivity index (χ3v) is 3.62. The fraction of sp³-hybridized carbons (Fsp3) is 0.571. The summed E-state index contributed by atoms with van der Waals surface area (Å²) in [7, 11) is 0. The maximum atomic E-state index is 3.49. The van der Waals surface area contributed by atoms with Crippen LogP contribution in [-0.2, 0) is 0 Å². The SMILES string of the molecule is CCCN(CCNc1cccc(Br)c1)C1CC1.